The normalized spacial score (nSPS) is 12.3. The molecule has 1 N–H and O–H groups in total. The molecule has 1 aliphatic heterocycles. The van der Waals surface area contributed by atoms with Crippen LogP contribution >= 0.6 is 11.9 Å². The van der Waals surface area contributed by atoms with Gasteiger partial charge in [0, 0.05) is 28.4 Å². The van der Waals surface area contributed by atoms with Gasteiger partial charge in [-0.1, -0.05) is 26.0 Å². The summed E-state index contributed by atoms with van der Waals surface area (Å²) in [4.78, 5) is 15.7. The van der Waals surface area contributed by atoms with Crippen LogP contribution in [0.1, 0.15) is 25.0 Å². The molecule has 0 aliphatic carbocycles. The van der Waals surface area contributed by atoms with E-state index in [1.165, 1.54) is 5.56 Å². The minimum absolute atomic E-state index is 0.0708. The van der Waals surface area contributed by atoms with Gasteiger partial charge in [0.25, 0.3) is 5.56 Å². The number of H-pyrrole nitrogens is 1. The maximum absolute atomic E-state index is 11.9. The molecule has 0 bridgehead atoms. The molecule has 1 aromatic heterocycles. The fraction of sp³-hybridized carbons (Fsp3) is 0.200. The standard InChI is InChI=1S/C18H13N3OS.C2H6/c19-11-12-4-5-13-7-9-21(16(13)10-12)23-17-3-1-2-15-14(17)6-8-20-18(15)22;1-2/h1-6,8,10H,7,9H2,(H,20,22);1-2H3. The molecule has 0 unspecified atom stereocenters. The summed E-state index contributed by atoms with van der Waals surface area (Å²) < 4.78 is 2.20. The topological polar surface area (TPSA) is 59.9 Å². The van der Waals surface area contributed by atoms with Crippen LogP contribution in [0.15, 0.2) is 58.4 Å². The van der Waals surface area contributed by atoms with Gasteiger partial charge in [0.05, 0.1) is 17.3 Å². The van der Waals surface area contributed by atoms with E-state index in [2.05, 4.69) is 15.4 Å². The fourth-order valence-electron chi connectivity index (χ4n) is 2.90. The summed E-state index contributed by atoms with van der Waals surface area (Å²) >= 11 is 1.62. The van der Waals surface area contributed by atoms with Crippen LogP contribution in [0.2, 0.25) is 0 Å². The van der Waals surface area contributed by atoms with Crippen LogP contribution in [0.25, 0.3) is 10.8 Å². The van der Waals surface area contributed by atoms with Crippen LogP contribution in [0.5, 0.6) is 0 Å². The number of benzene rings is 2. The highest BCUT2D eigenvalue weighted by Gasteiger charge is 2.21. The Bertz CT molecular complexity index is 1000. The Labute approximate surface area is 151 Å². The average molecular weight is 349 g/mol. The summed E-state index contributed by atoms with van der Waals surface area (Å²) in [5.74, 6) is 0. The molecule has 5 heteroatoms. The third-order valence-corrected chi connectivity index (χ3v) is 5.20. The van der Waals surface area contributed by atoms with Crippen molar-refractivity contribution in [3.63, 3.8) is 0 Å². The first kappa shape index (κ1) is 17.1. The lowest BCUT2D eigenvalue weighted by atomic mass is 10.1. The van der Waals surface area contributed by atoms with E-state index in [1.54, 1.807) is 18.1 Å². The number of nitrogens with one attached hydrogen (secondary N) is 1. The summed E-state index contributed by atoms with van der Waals surface area (Å²) in [5, 5.41) is 10.8. The van der Waals surface area contributed by atoms with Gasteiger partial charge in [0.2, 0.25) is 0 Å². The number of hydrogen-bond acceptors (Lipinski definition) is 4. The molecule has 1 aliphatic rings. The molecular weight excluding hydrogens is 330 g/mol. The lowest BCUT2D eigenvalue weighted by Crippen LogP contribution is -2.11. The first-order valence-corrected chi connectivity index (χ1v) is 9.12. The maximum atomic E-state index is 11.9. The summed E-state index contributed by atoms with van der Waals surface area (Å²) in [6.07, 6.45) is 2.65. The largest absolute Gasteiger partial charge is 0.329 e. The zero-order chi connectivity index (χ0) is 17.8. The first-order chi connectivity index (χ1) is 12.3. The molecule has 25 heavy (non-hydrogen) atoms. The van der Waals surface area contributed by atoms with E-state index in [9.17, 15) is 4.79 Å². The number of fused-ring (bicyclic) bond motifs is 2. The molecule has 0 spiro atoms. The van der Waals surface area contributed by atoms with E-state index in [0.717, 1.165) is 28.9 Å². The zero-order valence-electron chi connectivity index (χ0n) is 14.2. The molecule has 4 rings (SSSR count). The highest BCUT2D eigenvalue weighted by molar-refractivity contribution is 8.00. The quantitative estimate of drug-likeness (QED) is 0.692. The molecule has 0 radical (unpaired) electrons. The van der Waals surface area contributed by atoms with Gasteiger partial charge in [-0.3, -0.25) is 4.79 Å². The van der Waals surface area contributed by atoms with E-state index in [0.29, 0.717) is 10.9 Å². The minimum atomic E-state index is -0.0708. The number of aromatic amines is 1. The fourth-order valence-corrected chi connectivity index (χ4v) is 4.01. The van der Waals surface area contributed by atoms with Gasteiger partial charge in [-0.25, -0.2) is 0 Å². The maximum Gasteiger partial charge on any atom is 0.255 e. The van der Waals surface area contributed by atoms with Gasteiger partial charge in [0.15, 0.2) is 0 Å². The van der Waals surface area contributed by atoms with E-state index in [-0.39, 0.29) is 5.56 Å². The molecule has 0 saturated heterocycles. The number of anilines is 1. The van der Waals surface area contributed by atoms with Crippen molar-refractivity contribution in [3.05, 3.63) is 70.1 Å². The summed E-state index contributed by atoms with van der Waals surface area (Å²) in [7, 11) is 0. The van der Waals surface area contributed by atoms with Crippen molar-refractivity contribution in [3.8, 4) is 6.07 Å². The van der Waals surface area contributed by atoms with Crippen molar-refractivity contribution in [2.75, 3.05) is 10.8 Å². The molecule has 0 atom stereocenters. The Balaban J connectivity index is 0.000000880. The van der Waals surface area contributed by atoms with E-state index in [1.807, 2.05) is 56.3 Å². The Kier molecular flexibility index (Phi) is 5.11. The average Bonchev–Trinajstić information content (AvgIpc) is 3.06. The van der Waals surface area contributed by atoms with Crippen molar-refractivity contribution >= 4 is 28.4 Å². The highest BCUT2D eigenvalue weighted by atomic mass is 32.2. The SMILES string of the molecule is CC.N#Cc1ccc2c(c1)N(Sc1cccc3c(=O)[nH]ccc13)CC2. The number of nitriles is 1. The van der Waals surface area contributed by atoms with E-state index < -0.39 is 0 Å². The zero-order valence-corrected chi connectivity index (χ0v) is 15.1. The molecule has 0 saturated carbocycles. The Hall–Kier alpha value is -2.71. The molecule has 0 amide bonds. The van der Waals surface area contributed by atoms with Gasteiger partial charge in [0.1, 0.15) is 0 Å². The Morgan fingerprint density at radius 1 is 1.16 bits per heavy atom. The third kappa shape index (κ3) is 3.26. The summed E-state index contributed by atoms with van der Waals surface area (Å²) in [5.41, 5.74) is 2.95. The van der Waals surface area contributed by atoms with Gasteiger partial charge in [-0.2, -0.15) is 5.26 Å². The summed E-state index contributed by atoms with van der Waals surface area (Å²) in [6.45, 7) is 4.90. The number of hydrogen-bond donors (Lipinski definition) is 1. The van der Waals surface area contributed by atoms with Crippen molar-refractivity contribution in [1.82, 2.24) is 4.98 Å². The number of pyridine rings is 1. The predicted octanol–water partition coefficient (Wildman–Crippen LogP) is 4.50. The molecule has 2 heterocycles. The van der Waals surface area contributed by atoms with Crippen molar-refractivity contribution < 1.29 is 0 Å². The minimum Gasteiger partial charge on any atom is -0.329 e. The van der Waals surface area contributed by atoms with Crippen LogP contribution in [-0.4, -0.2) is 11.5 Å². The molecule has 3 aromatic rings. The molecule has 4 nitrogen and oxygen atoms in total. The second-order valence-electron chi connectivity index (χ2n) is 5.42. The lowest BCUT2D eigenvalue weighted by molar-refractivity contribution is 1.05. The second kappa shape index (κ2) is 7.45. The van der Waals surface area contributed by atoms with Crippen LogP contribution in [0.4, 0.5) is 5.69 Å². The smallest absolute Gasteiger partial charge is 0.255 e. The predicted molar refractivity (Wildman–Crippen MR) is 104 cm³/mol. The molecule has 126 valence electrons. The van der Waals surface area contributed by atoms with Crippen LogP contribution in [0.3, 0.4) is 0 Å². The van der Waals surface area contributed by atoms with Crippen LogP contribution < -0.4 is 9.86 Å². The molecular formula is C20H19N3OS. The number of aromatic nitrogens is 1. The van der Waals surface area contributed by atoms with E-state index in [4.69, 9.17) is 5.26 Å². The second-order valence-corrected chi connectivity index (χ2v) is 6.49. The Morgan fingerprint density at radius 3 is 2.80 bits per heavy atom. The van der Waals surface area contributed by atoms with E-state index >= 15 is 0 Å². The molecule has 2 aromatic carbocycles. The van der Waals surface area contributed by atoms with Crippen LogP contribution in [-0.2, 0) is 6.42 Å². The van der Waals surface area contributed by atoms with Crippen molar-refractivity contribution in [2.24, 2.45) is 0 Å². The number of rotatable bonds is 2. The lowest BCUT2D eigenvalue weighted by Gasteiger charge is -2.19. The third-order valence-electron chi connectivity index (χ3n) is 4.05. The molecule has 0 fully saturated rings. The monoisotopic (exact) mass is 349 g/mol. The Morgan fingerprint density at radius 2 is 2.00 bits per heavy atom. The first-order valence-electron chi connectivity index (χ1n) is 8.35. The van der Waals surface area contributed by atoms with Gasteiger partial charge >= 0.3 is 0 Å². The highest BCUT2D eigenvalue weighted by Crippen LogP contribution is 2.38. The van der Waals surface area contributed by atoms with Gasteiger partial charge < -0.3 is 9.29 Å². The van der Waals surface area contributed by atoms with Crippen LogP contribution in [0, 0.1) is 11.3 Å². The van der Waals surface area contributed by atoms with Crippen molar-refractivity contribution in [2.45, 2.75) is 25.2 Å². The number of nitrogens with zero attached hydrogens (tertiary/aromatic N) is 2. The van der Waals surface area contributed by atoms with Crippen molar-refractivity contribution in [1.29, 1.82) is 5.26 Å². The van der Waals surface area contributed by atoms with Gasteiger partial charge in [-0.15, -0.1) is 0 Å². The van der Waals surface area contributed by atoms with Gasteiger partial charge in [-0.05, 0) is 54.3 Å². The summed E-state index contributed by atoms with van der Waals surface area (Å²) in [6, 6.07) is 15.7.